The quantitative estimate of drug-likeness (QED) is 0.715. The van der Waals surface area contributed by atoms with Gasteiger partial charge < -0.3 is 10.2 Å². The Labute approximate surface area is 176 Å². The lowest BCUT2D eigenvalue weighted by atomic mass is 10.0. The minimum atomic E-state index is -0.971. The van der Waals surface area contributed by atoms with Crippen molar-refractivity contribution in [2.45, 2.75) is 19.0 Å². The first-order valence-electron chi connectivity index (χ1n) is 9.97. The van der Waals surface area contributed by atoms with Crippen LogP contribution in [0.1, 0.15) is 23.1 Å². The minimum Gasteiger partial charge on any atom is -0.327 e. The van der Waals surface area contributed by atoms with Crippen LogP contribution in [-0.2, 0) is 16.0 Å². The number of aryl methyl sites for hydroxylation is 1. The Morgan fingerprint density at radius 1 is 0.933 bits per heavy atom. The number of fused-ring (bicyclic) bond motifs is 1. The molecule has 150 valence electrons. The molecule has 5 nitrogen and oxygen atoms in total. The summed E-state index contributed by atoms with van der Waals surface area (Å²) in [7, 11) is 1.72. The van der Waals surface area contributed by atoms with E-state index in [1.54, 1.807) is 11.9 Å². The van der Waals surface area contributed by atoms with Crippen molar-refractivity contribution >= 4 is 23.2 Å². The van der Waals surface area contributed by atoms with Gasteiger partial charge in [-0.1, -0.05) is 78.9 Å². The number of benzene rings is 3. The second-order valence-corrected chi connectivity index (χ2v) is 7.21. The van der Waals surface area contributed by atoms with Crippen LogP contribution in [0.5, 0.6) is 0 Å². The van der Waals surface area contributed by atoms with E-state index >= 15 is 0 Å². The Kier molecular flexibility index (Phi) is 5.70. The average Bonchev–Trinajstić information content (AvgIpc) is 2.90. The number of likely N-dealkylation sites (N-methyl/N-ethyl adjacent to an activating group) is 1. The SMILES string of the molecule is CN1C(=O)C(NC(=O)CCc2ccccc2)N=C(c2ccccc2)c2ccccc21. The molecule has 1 aliphatic heterocycles. The maximum atomic E-state index is 13.1. The van der Waals surface area contributed by atoms with Crippen molar-refractivity contribution in [3.63, 3.8) is 0 Å². The van der Waals surface area contributed by atoms with E-state index in [1.807, 2.05) is 84.9 Å². The molecule has 0 radical (unpaired) electrons. The third-order valence-electron chi connectivity index (χ3n) is 5.17. The molecule has 0 aromatic heterocycles. The van der Waals surface area contributed by atoms with Crippen LogP contribution in [0.4, 0.5) is 5.69 Å². The summed E-state index contributed by atoms with van der Waals surface area (Å²) in [6, 6.07) is 27.2. The fraction of sp³-hybridized carbons (Fsp3) is 0.160. The molecule has 2 amide bonds. The van der Waals surface area contributed by atoms with E-state index < -0.39 is 6.17 Å². The number of nitrogens with one attached hydrogen (secondary N) is 1. The van der Waals surface area contributed by atoms with Crippen LogP contribution in [0.2, 0.25) is 0 Å². The van der Waals surface area contributed by atoms with Crippen molar-refractivity contribution in [1.29, 1.82) is 0 Å². The molecule has 4 rings (SSSR count). The van der Waals surface area contributed by atoms with Crippen LogP contribution in [0.25, 0.3) is 0 Å². The zero-order valence-electron chi connectivity index (χ0n) is 16.8. The lowest BCUT2D eigenvalue weighted by Gasteiger charge is -2.20. The van der Waals surface area contributed by atoms with Gasteiger partial charge in [0, 0.05) is 24.6 Å². The molecule has 0 bridgehead atoms. The number of rotatable bonds is 5. The maximum Gasteiger partial charge on any atom is 0.272 e. The first kappa shape index (κ1) is 19.6. The second kappa shape index (κ2) is 8.74. The number of carbonyl (C=O) groups excluding carboxylic acids is 2. The van der Waals surface area contributed by atoms with E-state index in [4.69, 9.17) is 4.99 Å². The number of benzodiazepines with no additional fused rings is 1. The largest absolute Gasteiger partial charge is 0.327 e. The van der Waals surface area contributed by atoms with E-state index in [1.165, 1.54) is 0 Å². The maximum absolute atomic E-state index is 13.1. The predicted molar refractivity (Wildman–Crippen MR) is 119 cm³/mol. The van der Waals surface area contributed by atoms with Crippen molar-refractivity contribution in [3.05, 3.63) is 102 Å². The van der Waals surface area contributed by atoms with Crippen molar-refractivity contribution in [1.82, 2.24) is 5.32 Å². The van der Waals surface area contributed by atoms with Crippen LogP contribution in [0.15, 0.2) is 89.9 Å². The Bertz CT molecular complexity index is 1080. The Balaban J connectivity index is 1.62. The van der Waals surface area contributed by atoms with Crippen LogP contribution in [0, 0.1) is 0 Å². The Morgan fingerprint density at radius 3 is 2.30 bits per heavy atom. The number of nitrogens with zero attached hydrogens (tertiary/aromatic N) is 2. The van der Waals surface area contributed by atoms with E-state index in [0.29, 0.717) is 18.6 Å². The molecule has 0 aliphatic carbocycles. The lowest BCUT2D eigenvalue weighted by molar-refractivity contribution is -0.127. The summed E-state index contributed by atoms with van der Waals surface area (Å²) in [4.78, 5) is 32.0. The molecule has 0 spiro atoms. The first-order valence-corrected chi connectivity index (χ1v) is 9.97. The van der Waals surface area contributed by atoms with E-state index in [0.717, 1.165) is 22.4 Å². The molecule has 0 fully saturated rings. The molecule has 1 unspecified atom stereocenters. The molecule has 1 atom stereocenters. The van der Waals surface area contributed by atoms with Gasteiger partial charge in [-0.15, -0.1) is 0 Å². The van der Waals surface area contributed by atoms with E-state index in [9.17, 15) is 9.59 Å². The number of hydrogen-bond donors (Lipinski definition) is 1. The highest BCUT2D eigenvalue weighted by molar-refractivity contribution is 6.20. The van der Waals surface area contributed by atoms with Crippen molar-refractivity contribution < 1.29 is 9.59 Å². The number of amides is 2. The summed E-state index contributed by atoms with van der Waals surface area (Å²) >= 11 is 0. The molecule has 1 aliphatic rings. The molecule has 1 heterocycles. The number of anilines is 1. The van der Waals surface area contributed by atoms with Crippen molar-refractivity contribution in [2.24, 2.45) is 4.99 Å². The van der Waals surface area contributed by atoms with Gasteiger partial charge >= 0.3 is 0 Å². The summed E-state index contributed by atoms with van der Waals surface area (Å²) in [5.74, 6) is -0.464. The van der Waals surface area contributed by atoms with Gasteiger partial charge in [-0.2, -0.15) is 0 Å². The summed E-state index contributed by atoms with van der Waals surface area (Å²) in [5.41, 5.74) is 4.30. The van der Waals surface area contributed by atoms with Crippen LogP contribution in [-0.4, -0.2) is 30.7 Å². The summed E-state index contributed by atoms with van der Waals surface area (Å²) in [6.07, 6.45) is -0.0691. The minimum absolute atomic E-state index is 0.201. The molecule has 0 saturated heterocycles. The van der Waals surface area contributed by atoms with Gasteiger partial charge in [0.25, 0.3) is 5.91 Å². The summed E-state index contributed by atoms with van der Waals surface area (Å²) < 4.78 is 0. The van der Waals surface area contributed by atoms with Crippen LogP contribution >= 0.6 is 0 Å². The summed E-state index contributed by atoms with van der Waals surface area (Å²) in [5, 5.41) is 2.83. The molecule has 5 heteroatoms. The fourth-order valence-corrected chi connectivity index (χ4v) is 3.57. The fourth-order valence-electron chi connectivity index (χ4n) is 3.57. The molecule has 0 saturated carbocycles. The molecular weight excluding hydrogens is 374 g/mol. The van der Waals surface area contributed by atoms with Gasteiger partial charge in [0.1, 0.15) is 0 Å². The van der Waals surface area contributed by atoms with Gasteiger partial charge in [-0.25, -0.2) is 4.99 Å². The van der Waals surface area contributed by atoms with Crippen LogP contribution in [0.3, 0.4) is 0 Å². The average molecular weight is 397 g/mol. The first-order chi connectivity index (χ1) is 14.6. The van der Waals surface area contributed by atoms with Gasteiger partial charge in [0.05, 0.1) is 11.4 Å². The van der Waals surface area contributed by atoms with E-state index in [-0.39, 0.29) is 11.8 Å². The van der Waals surface area contributed by atoms with Crippen molar-refractivity contribution in [2.75, 3.05) is 11.9 Å². The zero-order valence-corrected chi connectivity index (χ0v) is 16.8. The van der Waals surface area contributed by atoms with Gasteiger partial charge in [-0.05, 0) is 18.1 Å². The highest BCUT2D eigenvalue weighted by Gasteiger charge is 2.30. The number of aliphatic imine (C=N–C) groups is 1. The second-order valence-electron chi connectivity index (χ2n) is 7.21. The molecular formula is C25H23N3O2. The highest BCUT2D eigenvalue weighted by Crippen LogP contribution is 2.27. The van der Waals surface area contributed by atoms with Gasteiger partial charge in [0.2, 0.25) is 12.1 Å². The molecule has 3 aromatic rings. The Hall–Kier alpha value is -3.73. The molecule has 3 aromatic carbocycles. The number of para-hydroxylation sites is 1. The third kappa shape index (κ3) is 4.15. The Morgan fingerprint density at radius 2 is 1.57 bits per heavy atom. The monoisotopic (exact) mass is 397 g/mol. The normalized spacial score (nSPS) is 15.8. The third-order valence-corrected chi connectivity index (χ3v) is 5.17. The topological polar surface area (TPSA) is 61.8 Å². The van der Waals surface area contributed by atoms with Gasteiger partial charge in [0.15, 0.2) is 0 Å². The smallest absolute Gasteiger partial charge is 0.272 e. The standard InChI is InChI=1S/C25H23N3O2/c1-28-21-15-9-8-14-20(21)23(19-12-6-3-7-13-19)27-24(25(28)30)26-22(29)17-16-18-10-4-2-5-11-18/h2-15,24H,16-17H2,1H3,(H,26,29). The van der Waals surface area contributed by atoms with Crippen molar-refractivity contribution in [3.8, 4) is 0 Å². The van der Waals surface area contributed by atoms with Crippen LogP contribution < -0.4 is 10.2 Å². The highest BCUT2D eigenvalue weighted by atomic mass is 16.2. The number of carbonyl (C=O) groups is 2. The predicted octanol–water partition coefficient (Wildman–Crippen LogP) is 3.58. The number of hydrogen-bond acceptors (Lipinski definition) is 3. The summed E-state index contributed by atoms with van der Waals surface area (Å²) in [6.45, 7) is 0. The molecule has 30 heavy (non-hydrogen) atoms. The zero-order chi connectivity index (χ0) is 20.9. The molecule has 1 N–H and O–H groups in total. The lowest BCUT2D eigenvalue weighted by Crippen LogP contribution is -2.46. The van der Waals surface area contributed by atoms with Gasteiger partial charge in [-0.3, -0.25) is 9.59 Å². The van der Waals surface area contributed by atoms with E-state index in [2.05, 4.69) is 5.32 Å².